The van der Waals surface area contributed by atoms with Crippen LogP contribution in [0.1, 0.15) is 23.6 Å². The van der Waals surface area contributed by atoms with E-state index in [1.54, 1.807) is 11.8 Å². The minimum absolute atomic E-state index is 0.183. The van der Waals surface area contributed by atoms with Crippen molar-refractivity contribution in [1.29, 1.82) is 0 Å². The van der Waals surface area contributed by atoms with Crippen molar-refractivity contribution >= 4 is 28.6 Å². The highest BCUT2D eigenvalue weighted by molar-refractivity contribution is 8.14. The topological polar surface area (TPSA) is 84.6 Å². The molecule has 0 spiro atoms. The second-order valence-corrected chi connectivity index (χ2v) is 11.4. The maximum absolute atomic E-state index is 12.7. The van der Waals surface area contributed by atoms with Crippen molar-refractivity contribution in [3.63, 3.8) is 0 Å². The Kier molecular flexibility index (Phi) is 9.05. The maximum atomic E-state index is 12.7. The molecular formula is C31H31F3N6O2S. The first-order valence-electron chi connectivity index (χ1n) is 13.8. The Hall–Kier alpha value is -4.32. The highest BCUT2D eigenvalue weighted by Gasteiger charge is 2.31. The fourth-order valence-corrected chi connectivity index (χ4v) is 5.85. The zero-order chi connectivity index (χ0) is 30.6. The molecule has 1 fully saturated rings. The van der Waals surface area contributed by atoms with Crippen LogP contribution < -0.4 is 15.0 Å². The summed E-state index contributed by atoms with van der Waals surface area (Å²) in [6.45, 7) is 7.53. The molecule has 8 nitrogen and oxygen atoms in total. The minimum Gasteiger partial charge on any atom is -0.406 e. The summed E-state index contributed by atoms with van der Waals surface area (Å²) in [6, 6.07) is 19.1. The van der Waals surface area contributed by atoms with Crippen LogP contribution in [-0.2, 0) is 6.42 Å². The number of aromatic nitrogens is 3. The van der Waals surface area contributed by atoms with Gasteiger partial charge in [0.15, 0.2) is 11.0 Å². The number of aliphatic imine (C=N–C) groups is 1. The SMILES string of the molecule is Cc1cccc(C)c1N1CCS/C1=N\C(=O)NCC(C)Cc1ccc(-c2ncn(-c3ccc(OC(F)(F)F)cc3)n2)cc1. The van der Waals surface area contributed by atoms with Gasteiger partial charge in [0.1, 0.15) is 12.1 Å². The Bertz CT molecular complexity index is 1580. The van der Waals surface area contributed by atoms with Gasteiger partial charge in [0.2, 0.25) is 0 Å². The van der Waals surface area contributed by atoms with Crippen LogP contribution in [0.15, 0.2) is 78.0 Å². The molecule has 1 aromatic heterocycles. The van der Waals surface area contributed by atoms with Crippen molar-refractivity contribution in [2.75, 3.05) is 23.7 Å². The smallest absolute Gasteiger partial charge is 0.406 e. The number of benzene rings is 3. The molecule has 12 heteroatoms. The van der Waals surface area contributed by atoms with Gasteiger partial charge < -0.3 is 15.0 Å². The molecule has 1 N–H and O–H groups in total. The van der Waals surface area contributed by atoms with E-state index in [2.05, 4.69) is 62.9 Å². The lowest BCUT2D eigenvalue weighted by Gasteiger charge is -2.22. The lowest BCUT2D eigenvalue weighted by Crippen LogP contribution is -2.30. The number of hydrogen-bond donors (Lipinski definition) is 1. The van der Waals surface area contributed by atoms with Crippen LogP contribution in [0, 0.1) is 19.8 Å². The number of aryl methyl sites for hydroxylation is 2. The molecule has 5 rings (SSSR count). The Morgan fingerprint density at radius 2 is 1.77 bits per heavy atom. The number of carbonyl (C=O) groups excluding carboxylic acids is 1. The predicted octanol–water partition coefficient (Wildman–Crippen LogP) is 6.95. The molecule has 0 bridgehead atoms. The molecule has 2 amide bonds. The number of thioether (sulfide) groups is 1. The van der Waals surface area contributed by atoms with Gasteiger partial charge in [-0.25, -0.2) is 14.5 Å². The summed E-state index contributed by atoms with van der Waals surface area (Å²) in [6.07, 6.45) is -2.48. The van der Waals surface area contributed by atoms with Gasteiger partial charge in [0, 0.05) is 30.1 Å². The van der Waals surface area contributed by atoms with Gasteiger partial charge in [-0.3, -0.25) is 0 Å². The monoisotopic (exact) mass is 608 g/mol. The fourth-order valence-electron chi connectivity index (χ4n) is 4.91. The van der Waals surface area contributed by atoms with Crippen molar-refractivity contribution in [2.45, 2.75) is 33.6 Å². The van der Waals surface area contributed by atoms with E-state index in [-0.39, 0.29) is 17.7 Å². The molecule has 3 aromatic carbocycles. The number of ether oxygens (including phenoxy) is 1. The lowest BCUT2D eigenvalue weighted by molar-refractivity contribution is -0.274. The number of amides is 2. The Labute approximate surface area is 252 Å². The Balaban J connectivity index is 1.14. The van der Waals surface area contributed by atoms with Gasteiger partial charge in [-0.1, -0.05) is 61.2 Å². The number of nitrogens with zero attached hydrogens (tertiary/aromatic N) is 5. The van der Waals surface area contributed by atoms with E-state index in [0.717, 1.165) is 51.8 Å². The van der Waals surface area contributed by atoms with Crippen LogP contribution in [0.2, 0.25) is 0 Å². The molecule has 43 heavy (non-hydrogen) atoms. The number of hydrogen-bond acceptors (Lipinski definition) is 5. The molecule has 224 valence electrons. The normalized spacial score (nSPS) is 15.1. The quantitative estimate of drug-likeness (QED) is 0.233. The first kappa shape index (κ1) is 30.1. The van der Waals surface area contributed by atoms with Crippen LogP contribution in [0.25, 0.3) is 17.1 Å². The zero-order valence-electron chi connectivity index (χ0n) is 23.9. The average molecular weight is 609 g/mol. The van der Waals surface area contributed by atoms with E-state index < -0.39 is 6.36 Å². The summed E-state index contributed by atoms with van der Waals surface area (Å²) in [5, 5.41) is 8.12. The van der Waals surface area contributed by atoms with Gasteiger partial charge in [0.25, 0.3) is 0 Å². The number of urea groups is 1. The van der Waals surface area contributed by atoms with Crippen molar-refractivity contribution in [2.24, 2.45) is 10.9 Å². The van der Waals surface area contributed by atoms with Crippen LogP contribution in [0.4, 0.5) is 23.7 Å². The fraction of sp³-hybridized carbons (Fsp3) is 0.290. The Morgan fingerprint density at radius 1 is 1.07 bits per heavy atom. The van der Waals surface area contributed by atoms with Crippen LogP contribution in [-0.4, -0.2) is 51.2 Å². The minimum atomic E-state index is -4.74. The summed E-state index contributed by atoms with van der Waals surface area (Å²) in [5.74, 6) is 1.25. The molecule has 1 aliphatic rings. The van der Waals surface area contributed by atoms with Crippen molar-refractivity contribution < 1.29 is 22.7 Å². The summed E-state index contributed by atoms with van der Waals surface area (Å²) in [7, 11) is 0. The van der Waals surface area contributed by atoms with Gasteiger partial charge in [0.05, 0.1) is 5.69 Å². The van der Waals surface area contributed by atoms with Crippen molar-refractivity contribution in [3.8, 4) is 22.8 Å². The second kappa shape index (κ2) is 12.9. The molecule has 1 atom stereocenters. The molecule has 2 heterocycles. The summed E-state index contributed by atoms with van der Waals surface area (Å²) in [4.78, 5) is 23.5. The van der Waals surface area contributed by atoms with Gasteiger partial charge in [-0.15, -0.1) is 18.3 Å². The van der Waals surface area contributed by atoms with Crippen molar-refractivity contribution in [3.05, 3.63) is 89.7 Å². The molecule has 0 saturated carbocycles. The molecule has 1 aliphatic heterocycles. The third-order valence-electron chi connectivity index (χ3n) is 6.91. The van der Waals surface area contributed by atoms with E-state index >= 15 is 0 Å². The van der Waals surface area contributed by atoms with E-state index in [1.807, 2.05) is 30.3 Å². The number of halogens is 3. The molecule has 4 aromatic rings. The molecule has 0 aliphatic carbocycles. The number of anilines is 1. The van der Waals surface area contributed by atoms with E-state index in [4.69, 9.17) is 0 Å². The summed E-state index contributed by atoms with van der Waals surface area (Å²) in [5.41, 5.74) is 5.89. The summed E-state index contributed by atoms with van der Waals surface area (Å²) >= 11 is 1.59. The molecule has 1 saturated heterocycles. The van der Waals surface area contributed by atoms with Gasteiger partial charge in [-0.05, 0) is 67.1 Å². The number of amidine groups is 1. The molecule has 1 unspecified atom stereocenters. The van der Waals surface area contributed by atoms with Gasteiger partial charge in [-0.2, -0.15) is 4.99 Å². The Morgan fingerprint density at radius 3 is 2.44 bits per heavy atom. The number of nitrogens with one attached hydrogen (secondary N) is 1. The first-order valence-corrected chi connectivity index (χ1v) is 14.7. The van der Waals surface area contributed by atoms with Crippen LogP contribution >= 0.6 is 11.8 Å². The van der Waals surface area contributed by atoms with Crippen LogP contribution in [0.5, 0.6) is 5.75 Å². The zero-order valence-corrected chi connectivity index (χ0v) is 24.7. The molecular weight excluding hydrogens is 577 g/mol. The largest absolute Gasteiger partial charge is 0.573 e. The average Bonchev–Trinajstić information content (AvgIpc) is 3.62. The highest BCUT2D eigenvalue weighted by atomic mass is 32.2. The number of carbonyl (C=O) groups is 1. The van der Waals surface area contributed by atoms with E-state index in [9.17, 15) is 18.0 Å². The second-order valence-electron chi connectivity index (χ2n) is 10.4. The number of rotatable bonds is 8. The highest BCUT2D eigenvalue weighted by Crippen LogP contribution is 2.31. The van der Waals surface area contributed by atoms with E-state index in [1.165, 1.54) is 35.3 Å². The van der Waals surface area contributed by atoms with Crippen molar-refractivity contribution in [1.82, 2.24) is 20.1 Å². The third kappa shape index (κ3) is 7.75. The first-order chi connectivity index (χ1) is 20.6. The predicted molar refractivity (Wildman–Crippen MR) is 163 cm³/mol. The van der Waals surface area contributed by atoms with E-state index in [0.29, 0.717) is 18.1 Å². The maximum Gasteiger partial charge on any atom is 0.573 e. The number of para-hydroxylation sites is 1. The number of alkyl halides is 3. The molecule has 0 radical (unpaired) electrons. The summed E-state index contributed by atoms with van der Waals surface area (Å²) < 4.78 is 42.6. The van der Waals surface area contributed by atoms with Gasteiger partial charge >= 0.3 is 12.4 Å². The lowest BCUT2D eigenvalue weighted by atomic mass is 10.00. The third-order valence-corrected chi connectivity index (χ3v) is 7.86. The van der Waals surface area contributed by atoms with Crippen LogP contribution in [0.3, 0.4) is 0 Å². The standard InChI is InChI=1S/C31H31F3N6O2S/c1-20(18-35-29(41)37-30-39(15-16-43-30)27-21(2)5-4-6-22(27)3)17-23-7-9-24(10-8-23)28-36-19-40(38-28)25-11-13-26(14-12-25)42-31(32,33)34/h4-14,19-20H,15-18H2,1-3H3,(H,35,41)/b37-30-.